The van der Waals surface area contributed by atoms with E-state index in [9.17, 15) is 9.59 Å². The second kappa shape index (κ2) is 4.84. The summed E-state index contributed by atoms with van der Waals surface area (Å²) >= 11 is 0. The minimum absolute atomic E-state index is 0.155. The number of amides is 1. The first-order chi connectivity index (χ1) is 6.24. The van der Waals surface area contributed by atoms with Crippen molar-refractivity contribution in [1.29, 1.82) is 0 Å². The molecule has 4 nitrogen and oxygen atoms in total. The first kappa shape index (κ1) is 10.0. The topological polar surface area (TPSA) is 57.6 Å². The van der Waals surface area contributed by atoms with Crippen LogP contribution in [-0.4, -0.2) is 35.0 Å². The number of aliphatic carboxylic acids is 1. The molecule has 0 spiro atoms. The Balaban J connectivity index is 2.35. The van der Waals surface area contributed by atoms with E-state index in [1.54, 1.807) is 4.90 Å². The summed E-state index contributed by atoms with van der Waals surface area (Å²) in [6.07, 6.45) is 4.69. The largest absolute Gasteiger partial charge is 0.481 e. The molecule has 0 saturated carbocycles. The minimum atomic E-state index is -0.781. The summed E-state index contributed by atoms with van der Waals surface area (Å²) in [6, 6.07) is 0.155. The van der Waals surface area contributed by atoms with Gasteiger partial charge in [-0.3, -0.25) is 9.59 Å². The van der Waals surface area contributed by atoms with Crippen molar-refractivity contribution in [3.8, 4) is 0 Å². The van der Waals surface area contributed by atoms with Crippen LogP contribution < -0.4 is 0 Å². The van der Waals surface area contributed by atoms with Gasteiger partial charge < -0.3 is 10.0 Å². The maximum atomic E-state index is 10.6. The van der Waals surface area contributed by atoms with Crippen LogP contribution in [0, 0.1) is 0 Å². The quantitative estimate of drug-likeness (QED) is 0.661. The van der Waals surface area contributed by atoms with Crippen molar-refractivity contribution in [3.05, 3.63) is 0 Å². The highest BCUT2D eigenvalue weighted by molar-refractivity contribution is 5.66. The second-order valence-corrected chi connectivity index (χ2v) is 3.43. The van der Waals surface area contributed by atoms with Crippen molar-refractivity contribution >= 4 is 12.4 Å². The molecule has 1 saturated heterocycles. The Kier molecular flexibility index (Phi) is 3.73. The van der Waals surface area contributed by atoms with Crippen LogP contribution in [0.4, 0.5) is 0 Å². The number of carboxylic acid groups (broad SMARTS) is 1. The van der Waals surface area contributed by atoms with Gasteiger partial charge in [-0.25, -0.2) is 0 Å². The second-order valence-electron chi connectivity index (χ2n) is 3.43. The maximum absolute atomic E-state index is 10.6. The highest BCUT2D eigenvalue weighted by atomic mass is 16.4. The van der Waals surface area contributed by atoms with Gasteiger partial charge in [0.25, 0.3) is 0 Å². The van der Waals surface area contributed by atoms with E-state index in [1.165, 1.54) is 0 Å². The van der Waals surface area contributed by atoms with Crippen molar-refractivity contribution in [2.24, 2.45) is 0 Å². The number of likely N-dealkylation sites (tertiary alicyclic amines) is 1. The molecule has 0 aromatic carbocycles. The first-order valence-corrected chi connectivity index (χ1v) is 4.67. The van der Waals surface area contributed by atoms with Crippen molar-refractivity contribution < 1.29 is 14.7 Å². The number of carboxylic acids is 1. The SMILES string of the molecule is O=CN1CCCCC1CCC(=O)O. The number of carbonyl (C=O) groups excluding carboxylic acids is 1. The molecular formula is C9H15NO3. The van der Waals surface area contributed by atoms with Gasteiger partial charge in [-0.05, 0) is 25.7 Å². The fraction of sp³-hybridized carbons (Fsp3) is 0.778. The van der Waals surface area contributed by atoms with E-state index in [1.807, 2.05) is 0 Å². The summed E-state index contributed by atoms with van der Waals surface area (Å²) in [5.74, 6) is -0.781. The molecule has 4 heteroatoms. The van der Waals surface area contributed by atoms with Crippen LogP contribution in [0.3, 0.4) is 0 Å². The fourth-order valence-corrected chi connectivity index (χ4v) is 1.76. The molecule has 1 aliphatic heterocycles. The predicted octanol–water partition coefficient (Wildman–Crippen LogP) is 0.862. The molecule has 1 N–H and O–H groups in total. The monoisotopic (exact) mass is 185 g/mol. The predicted molar refractivity (Wildman–Crippen MR) is 47.3 cm³/mol. The van der Waals surface area contributed by atoms with Gasteiger partial charge in [-0.15, -0.1) is 0 Å². The van der Waals surface area contributed by atoms with Gasteiger partial charge >= 0.3 is 5.97 Å². The molecule has 1 atom stereocenters. The van der Waals surface area contributed by atoms with Crippen LogP contribution in [0.1, 0.15) is 32.1 Å². The summed E-state index contributed by atoms with van der Waals surface area (Å²) in [4.78, 5) is 22.7. The van der Waals surface area contributed by atoms with Gasteiger partial charge in [0.1, 0.15) is 0 Å². The molecule has 1 rings (SSSR count). The van der Waals surface area contributed by atoms with Crippen molar-refractivity contribution in [2.45, 2.75) is 38.1 Å². The molecule has 1 aliphatic rings. The molecule has 1 unspecified atom stereocenters. The van der Waals surface area contributed by atoms with Crippen LogP contribution in [0.25, 0.3) is 0 Å². The zero-order valence-electron chi connectivity index (χ0n) is 7.61. The Hall–Kier alpha value is -1.06. The number of hydrogen-bond donors (Lipinski definition) is 1. The maximum Gasteiger partial charge on any atom is 0.303 e. The summed E-state index contributed by atoms with van der Waals surface area (Å²) < 4.78 is 0. The number of piperidine rings is 1. The molecule has 0 radical (unpaired) electrons. The van der Waals surface area contributed by atoms with Gasteiger partial charge in [0.2, 0.25) is 6.41 Å². The lowest BCUT2D eigenvalue weighted by atomic mass is 9.99. The van der Waals surface area contributed by atoms with Crippen molar-refractivity contribution in [1.82, 2.24) is 4.90 Å². The smallest absolute Gasteiger partial charge is 0.303 e. The zero-order valence-corrected chi connectivity index (χ0v) is 7.61. The van der Waals surface area contributed by atoms with Gasteiger partial charge in [0, 0.05) is 19.0 Å². The van der Waals surface area contributed by atoms with Gasteiger partial charge in [0.15, 0.2) is 0 Å². The molecule has 0 aromatic rings. The number of carbonyl (C=O) groups is 2. The first-order valence-electron chi connectivity index (χ1n) is 4.67. The lowest BCUT2D eigenvalue weighted by Gasteiger charge is -2.32. The molecular weight excluding hydrogens is 170 g/mol. The molecule has 13 heavy (non-hydrogen) atoms. The number of rotatable bonds is 4. The Labute approximate surface area is 77.5 Å². The lowest BCUT2D eigenvalue weighted by molar-refractivity contribution is -0.138. The Morgan fingerprint density at radius 3 is 2.92 bits per heavy atom. The van der Waals surface area contributed by atoms with Gasteiger partial charge in [0.05, 0.1) is 0 Å². The van der Waals surface area contributed by atoms with Crippen LogP contribution >= 0.6 is 0 Å². The van der Waals surface area contributed by atoms with Gasteiger partial charge in [-0.1, -0.05) is 0 Å². The Morgan fingerprint density at radius 1 is 1.54 bits per heavy atom. The molecule has 0 aliphatic carbocycles. The van der Waals surface area contributed by atoms with Crippen molar-refractivity contribution in [2.75, 3.05) is 6.54 Å². The third kappa shape index (κ3) is 3.05. The van der Waals surface area contributed by atoms with E-state index < -0.39 is 5.97 Å². The molecule has 1 amide bonds. The molecule has 1 heterocycles. The van der Waals surface area contributed by atoms with E-state index in [0.29, 0.717) is 6.42 Å². The molecule has 74 valence electrons. The van der Waals surface area contributed by atoms with E-state index in [-0.39, 0.29) is 12.5 Å². The fourth-order valence-electron chi connectivity index (χ4n) is 1.76. The van der Waals surface area contributed by atoms with Crippen LogP contribution in [0.15, 0.2) is 0 Å². The summed E-state index contributed by atoms with van der Waals surface area (Å²) in [6.45, 7) is 0.786. The van der Waals surface area contributed by atoms with Crippen molar-refractivity contribution in [3.63, 3.8) is 0 Å². The third-order valence-electron chi connectivity index (χ3n) is 2.50. The molecule has 0 bridgehead atoms. The minimum Gasteiger partial charge on any atom is -0.481 e. The standard InChI is InChI=1S/C9H15NO3/c11-7-10-6-2-1-3-8(10)4-5-9(12)13/h7-8H,1-6H2,(H,12,13). The highest BCUT2D eigenvalue weighted by Gasteiger charge is 2.20. The number of hydrogen-bond acceptors (Lipinski definition) is 2. The van der Waals surface area contributed by atoms with E-state index in [4.69, 9.17) is 5.11 Å². The van der Waals surface area contributed by atoms with E-state index in [2.05, 4.69) is 0 Å². The summed E-state index contributed by atoms with van der Waals surface area (Å²) in [5.41, 5.74) is 0. The number of nitrogens with zero attached hydrogens (tertiary/aromatic N) is 1. The molecule has 1 fully saturated rings. The van der Waals surface area contributed by atoms with E-state index >= 15 is 0 Å². The average Bonchev–Trinajstić information content (AvgIpc) is 2.15. The van der Waals surface area contributed by atoms with Gasteiger partial charge in [-0.2, -0.15) is 0 Å². The third-order valence-corrected chi connectivity index (χ3v) is 2.50. The summed E-state index contributed by atoms with van der Waals surface area (Å²) in [7, 11) is 0. The van der Waals surface area contributed by atoms with E-state index in [0.717, 1.165) is 32.2 Å². The lowest BCUT2D eigenvalue weighted by Crippen LogP contribution is -2.38. The average molecular weight is 185 g/mol. The molecule has 0 aromatic heterocycles. The van der Waals surface area contributed by atoms with Crippen LogP contribution in [-0.2, 0) is 9.59 Å². The highest BCUT2D eigenvalue weighted by Crippen LogP contribution is 2.18. The Morgan fingerprint density at radius 2 is 2.31 bits per heavy atom. The summed E-state index contributed by atoms with van der Waals surface area (Å²) in [5, 5.41) is 8.50. The normalized spacial score (nSPS) is 22.8. The van der Waals surface area contributed by atoms with Crippen LogP contribution in [0.5, 0.6) is 0 Å². The van der Waals surface area contributed by atoms with Crippen LogP contribution in [0.2, 0.25) is 0 Å². The zero-order chi connectivity index (χ0) is 9.68. The Bertz CT molecular complexity index is 193.